The molecule has 0 bridgehead atoms. The van der Waals surface area contributed by atoms with Gasteiger partial charge in [-0.15, -0.1) is 0 Å². The van der Waals surface area contributed by atoms with Gasteiger partial charge in [0.25, 0.3) is 0 Å². The Morgan fingerprint density at radius 3 is 2.65 bits per heavy atom. The van der Waals surface area contributed by atoms with Gasteiger partial charge >= 0.3 is 6.18 Å². The fourth-order valence-corrected chi connectivity index (χ4v) is 2.27. The van der Waals surface area contributed by atoms with Crippen molar-refractivity contribution in [2.75, 3.05) is 23.4 Å². The molecule has 1 aromatic rings. The summed E-state index contributed by atoms with van der Waals surface area (Å²) in [7, 11) is 0. The third-order valence-electron chi connectivity index (χ3n) is 2.05. The SMILES string of the molecule is CCSCCNc1ccc(Br)c(C(F)(F)F)c1. The van der Waals surface area contributed by atoms with Crippen LogP contribution in [0.25, 0.3) is 0 Å². The van der Waals surface area contributed by atoms with Crippen LogP contribution < -0.4 is 5.32 Å². The van der Waals surface area contributed by atoms with Crippen LogP contribution in [0.1, 0.15) is 12.5 Å². The van der Waals surface area contributed by atoms with Crippen molar-refractivity contribution in [1.29, 1.82) is 0 Å². The number of hydrogen-bond acceptors (Lipinski definition) is 2. The number of halogens is 4. The lowest BCUT2D eigenvalue weighted by Gasteiger charge is -2.12. The summed E-state index contributed by atoms with van der Waals surface area (Å²) in [5.74, 6) is 1.89. The van der Waals surface area contributed by atoms with E-state index in [1.807, 2.05) is 6.92 Å². The van der Waals surface area contributed by atoms with Crippen LogP contribution in [0, 0.1) is 0 Å². The summed E-state index contributed by atoms with van der Waals surface area (Å²) in [4.78, 5) is 0. The molecule has 0 spiro atoms. The van der Waals surface area contributed by atoms with Crippen LogP contribution in [-0.4, -0.2) is 18.1 Å². The zero-order chi connectivity index (χ0) is 12.9. The Bertz CT molecular complexity index is 368. The Kier molecular flexibility index (Phi) is 5.66. The van der Waals surface area contributed by atoms with Crippen LogP contribution in [-0.2, 0) is 6.18 Å². The van der Waals surface area contributed by atoms with Gasteiger partial charge in [0.15, 0.2) is 0 Å². The van der Waals surface area contributed by atoms with E-state index in [0.717, 1.165) is 17.6 Å². The van der Waals surface area contributed by atoms with Gasteiger partial charge in [-0.1, -0.05) is 22.9 Å². The van der Waals surface area contributed by atoms with E-state index in [1.54, 1.807) is 17.8 Å². The van der Waals surface area contributed by atoms with Gasteiger partial charge < -0.3 is 5.32 Å². The molecule has 0 aliphatic carbocycles. The van der Waals surface area contributed by atoms with Crippen LogP contribution in [0.3, 0.4) is 0 Å². The van der Waals surface area contributed by atoms with E-state index in [4.69, 9.17) is 0 Å². The molecule has 1 N–H and O–H groups in total. The maximum absolute atomic E-state index is 12.6. The van der Waals surface area contributed by atoms with E-state index in [2.05, 4.69) is 21.2 Å². The monoisotopic (exact) mass is 327 g/mol. The minimum atomic E-state index is -4.32. The summed E-state index contributed by atoms with van der Waals surface area (Å²) in [5, 5.41) is 2.98. The summed E-state index contributed by atoms with van der Waals surface area (Å²) >= 11 is 4.65. The summed E-state index contributed by atoms with van der Waals surface area (Å²) < 4.78 is 37.9. The average Bonchev–Trinajstić information content (AvgIpc) is 2.25. The topological polar surface area (TPSA) is 12.0 Å². The predicted octanol–water partition coefficient (Wildman–Crippen LogP) is 4.63. The van der Waals surface area contributed by atoms with Crippen molar-refractivity contribution in [3.05, 3.63) is 28.2 Å². The summed E-state index contributed by atoms with van der Waals surface area (Å²) in [5.41, 5.74) is -0.150. The number of hydrogen-bond donors (Lipinski definition) is 1. The zero-order valence-corrected chi connectivity index (χ0v) is 11.7. The second kappa shape index (κ2) is 6.54. The Hall–Kier alpha value is -0.360. The van der Waals surface area contributed by atoms with Crippen molar-refractivity contribution in [1.82, 2.24) is 0 Å². The molecule has 0 radical (unpaired) electrons. The van der Waals surface area contributed by atoms with Crippen LogP contribution >= 0.6 is 27.7 Å². The molecule has 1 nitrogen and oxygen atoms in total. The number of nitrogens with one attached hydrogen (secondary N) is 1. The molecule has 1 aromatic carbocycles. The highest BCUT2D eigenvalue weighted by molar-refractivity contribution is 9.10. The number of thioether (sulfide) groups is 1. The Labute approximate surface area is 111 Å². The molecule has 17 heavy (non-hydrogen) atoms. The highest BCUT2D eigenvalue weighted by atomic mass is 79.9. The minimum absolute atomic E-state index is 0.0680. The second-order valence-corrected chi connectivity index (χ2v) is 5.56. The predicted molar refractivity (Wildman–Crippen MR) is 70.6 cm³/mol. The van der Waals surface area contributed by atoms with Crippen LogP contribution in [0.15, 0.2) is 22.7 Å². The van der Waals surface area contributed by atoms with E-state index in [1.165, 1.54) is 6.07 Å². The largest absolute Gasteiger partial charge is 0.417 e. The van der Waals surface area contributed by atoms with Gasteiger partial charge in [0, 0.05) is 22.5 Å². The molecule has 96 valence electrons. The Morgan fingerprint density at radius 2 is 2.06 bits per heavy atom. The van der Waals surface area contributed by atoms with Gasteiger partial charge in [-0.2, -0.15) is 24.9 Å². The Balaban J connectivity index is 2.69. The average molecular weight is 328 g/mol. The normalized spacial score (nSPS) is 11.6. The smallest absolute Gasteiger partial charge is 0.384 e. The molecular weight excluding hydrogens is 315 g/mol. The maximum atomic E-state index is 12.6. The lowest BCUT2D eigenvalue weighted by molar-refractivity contribution is -0.138. The van der Waals surface area contributed by atoms with E-state index in [0.29, 0.717) is 12.2 Å². The summed E-state index contributed by atoms with van der Waals surface area (Å²) in [6.45, 7) is 2.71. The lowest BCUT2D eigenvalue weighted by atomic mass is 10.2. The standard InChI is InChI=1S/C11H13BrF3NS/c1-2-17-6-5-16-8-3-4-10(12)9(7-8)11(13,14)15/h3-4,7,16H,2,5-6H2,1H3. The molecule has 0 fully saturated rings. The van der Waals surface area contributed by atoms with E-state index in [-0.39, 0.29) is 4.47 Å². The molecule has 0 atom stereocenters. The van der Waals surface area contributed by atoms with Crippen LogP contribution in [0.2, 0.25) is 0 Å². The van der Waals surface area contributed by atoms with Gasteiger partial charge in [0.1, 0.15) is 0 Å². The molecule has 0 heterocycles. The van der Waals surface area contributed by atoms with Crippen LogP contribution in [0.5, 0.6) is 0 Å². The molecule has 1 rings (SSSR count). The fourth-order valence-electron chi connectivity index (χ4n) is 1.26. The van der Waals surface area contributed by atoms with Gasteiger partial charge in [0.05, 0.1) is 5.56 Å². The van der Waals surface area contributed by atoms with E-state index in [9.17, 15) is 13.2 Å². The molecule has 0 amide bonds. The highest BCUT2D eigenvalue weighted by Gasteiger charge is 2.33. The van der Waals surface area contributed by atoms with Crippen molar-refractivity contribution in [2.24, 2.45) is 0 Å². The quantitative estimate of drug-likeness (QED) is 0.791. The molecule has 0 aliphatic rings. The maximum Gasteiger partial charge on any atom is 0.417 e. The van der Waals surface area contributed by atoms with Crippen molar-refractivity contribution >= 4 is 33.4 Å². The molecule has 0 aliphatic heterocycles. The second-order valence-electron chi connectivity index (χ2n) is 3.32. The fraction of sp³-hybridized carbons (Fsp3) is 0.455. The van der Waals surface area contributed by atoms with Crippen molar-refractivity contribution in [3.8, 4) is 0 Å². The molecule has 6 heteroatoms. The first kappa shape index (κ1) is 14.7. The number of anilines is 1. The third kappa shape index (κ3) is 4.79. The van der Waals surface area contributed by atoms with Crippen molar-refractivity contribution in [3.63, 3.8) is 0 Å². The van der Waals surface area contributed by atoms with E-state index >= 15 is 0 Å². The van der Waals surface area contributed by atoms with Gasteiger partial charge in [-0.25, -0.2) is 0 Å². The lowest BCUT2D eigenvalue weighted by Crippen LogP contribution is -2.09. The summed E-state index contributed by atoms with van der Waals surface area (Å²) in [6.07, 6.45) is -4.32. The molecule has 0 aromatic heterocycles. The van der Waals surface area contributed by atoms with Gasteiger partial charge in [0.2, 0.25) is 0 Å². The first-order chi connectivity index (χ1) is 7.95. The molecule has 0 unspecified atom stereocenters. The van der Waals surface area contributed by atoms with E-state index < -0.39 is 11.7 Å². The molecular formula is C11H13BrF3NS. The highest BCUT2D eigenvalue weighted by Crippen LogP contribution is 2.36. The zero-order valence-electron chi connectivity index (χ0n) is 9.27. The van der Waals surface area contributed by atoms with Crippen molar-refractivity contribution in [2.45, 2.75) is 13.1 Å². The van der Waals surface area contributed by atoms with Crippen molar-refractivity contribution < 1.29 is 13.2 Å². The Morgan fingerprint density at radius 1 is 1.35 bits per heavy atom. The van der Waals surface area contributed by atoms with Gasteiger partial charge in [-0.3, -0.25) is 0 Å². The minimum Gasteiger partial charge on any atom is -0.384 e. The summed E-state index contributed by atoms with van der Waals surface area (Å²) in [6, 6.07) is 4.18. The van der Waals surface area contributed by atoms with Crippen LogP contribution in [0.4, 0.5) is 18.9 Å². The number of alkyl halides is 3. The molecule has 0 saturated carbocycles. The first-order valence-electron chi connectivity index (χ1n) is 5.13. The number of rotatable bonds is 5. The third-order valence-corrected chi connectivity index (χ3v) is 3.64. The van der Waals surface area contributed by atoms with Gasteiger partial charge in [-0.05, 0) is 24.0 Å². The first-order valence-corrected chi connectivity index (χ1v) is 7.08. The number of benzene rings is 1. The molecule has 0 saturated heterocycles.